The van der Waals surface area contributed by atoms with Crippen LogP contribution in [-0.4, -0.2) is 113 Å². The van der Waals surface area contributed by atoms with E-state index in [4.69, 9.17) is 4.98 Å². The molecule has 2 aliphatic heterocycles. The van der Waals surface area contributed by atoms with Crippen molar-refractivity contribution in [2.75, 3.05) is 69.2 Å². The highest BCUT2D eigenvalue weighted by atomic mass is 79.9. The Bertz CT molecular complexity index is 1880. The molecule has 2 saturated heterocycles. The van der Waals surface area contributed by atoms with E-state index in [0.717, 1.165) is 75.7 Å². The smallest absolute Gasteiger partial charge is 0.238 e. The summed E-state index contributed by atoms with van der Waals surface area (Å²) in [6, 6.07) is 8.07. The van der Waals surface area contributed by atoms with E-state index in [1.165, 1.54) is 0 Å². The normalized spacial score (nSPS) is 18.4. The van der Waals surface area contributed by atoms with Crippen LogP contribution in [0.2, 0.25) is 0 Å². The molecule has 1 amide bonds. The molecule has 1 aromatic carbocycles. The van der Waals surface area contributed by atoms with Gasteiger partial charge < -0.3 is 25.1 Å². The van der Waals surface area contributed by atoms with Crippen LogP contribution in [0.15, 0.2) is 34.9 Å². The summed E-state index contributed by atoms with van der Waals surface area (Å²) in [5.74, 6) is 0.786. The molecule has 0 radical (unpaired) electrons. The molecule has 246 valence electrons. The fraction of sp³-hybridized carbons (Fsp3) is 0.469. The van der Waals surface area contributed by atoms with Crippen LogP contribution in [0, 0.1) is 20.8 Å². The maximum atomic E-state index is 13.0. The van der Waals surface area contributed by atoms with Crippen molar-refractivity contribution in [2.45, 2.75) is 40.2 Å². The lowest BCUT2D eigenvalue weighted by molar-refractivity contribution is -0.117. The number of aromatic amines is 1. The number of nitrogens with zero attached hydrogens (tertiary/aromatic N) is 6. The van der Waals surface area contributed by atoms with Crippen LogP contribution in [0.25, 0.3) is 28.2 Å². The van der Waals surface area contributed by atoms with Gasteiger partial charge in [0, 0.05) is 74.1 Å². The SMILES string of the molecule is CCS(=O)(=O)N1CC[C@H](Nc2c(Br)cnc3nc(-c4cc(C)n(-c5cccc(NC(=O)CN6CCN(C)CC6)c5C)c4C)[nH]c23)C1. The first-order chi connectivity index (χ1) is 21.9. The second-order valence-electron chi connectivity index (χ2n) is 12.4. The lowest BCUT2D eigenvalue weighted by atomic mass is 10.1. The Morgan fingerprint density at radius 1 is 1.13 bits per heavy atom. The highest BCUT2D eigenvalue weighted by molar-refractivity contribution is 9.10. The molecular formula is C32H42BrN9O3S. The van der Waals surface area contributed by atoms with E-state index < -0.39 is 10.0 Å². The van der Waals surface area contributed by atoms with E-state index >= 15 is 0 Å². The molecule has 0 unspecified atom stereocenters. The predicted octanol–water partition coefficient (Wildman–Crippen LogP) is 4.13. The number of hydrogen-bond donors (Lipinski definition) is 3. The molecule has 46 heavy (non-hydrogen) atoms. The summed E-state index contributed by atoms with van der Waals surface area (Å²) in [4.78, 5) is 30.4. The van der Waals surface area contributed by atoms with Crippen molar-refractivity contribution >= 4 is 54.4 Å². The van der Waals surface area contributed by atoms with Crippen molar-refractivity contribution in [3.63, 3.8) is 0 Å². The molecule has 3 aromatic heterocycles. The number of imidazole rings is 1. The maximum absolute atomic E-state index is 13.0. The third-order valence-electron chi connectivity index (χ3n) is 9.20. The minimum Gasteiger partial charge on any atom is -0.378 e. The highest BCUT2D eigenvalue weighted by Gasteiger charge is 2.31. The quantitative estimate of drug-likeness (QED) is 0.236. The van der Waals surface area contributed by atoms with Crippen LogP contribution in [0.5, 0.6) is 0 Å². The predicted molar refractivity (Wildman–Crippen MR) is 186 cm³/mol. The number of fused-ring (bicyclic) bond motifs is 1. The van der Waals surface area contributed by atoms with Crippen molar-refractivity contribution in [1.29, 1.82) is 0 Å². The van der Waals surface area contributed by atoms with Crippen LogP contribution >= 0.6 is 15.9 Å². The number of amides is 1. The lowest BCUT2D eigenvalue weighted by Crippen LogP contribution is -2.47. The first-order valence-corrected chi connectivity index (χ1v) is 18.1. The molecule has 3 N–H and O–H groups in total. The van der Waals surface area contributed by atoms with Gasteiger partial charge in [0.05, 0.1) is 28.1 Å². The monoisotopic (exact) mass is 711 g/mol. The number of H-pyrrole nitrogens is 1. The zero-order chi connectivity index (χ0) is 32.7. The number of carbonyl (C=O) groups is 1. The molecule has 0 saturated carbocycles. The minimum atomic E-state index is -3.23. The third kappa shape index (κ3) is 6.45. The molecule has 14 heteroatoms. The Hall–Kier alpha value is -3.30. The largest absolute Gasteiger partial charge is 0.378 e. The Kier molecular flexibility index (Phi) is 9.27. The Morgan fingerprint density at radius 2 is 1.89 bits per heavy atom. The molecule has 6 rings (SSSR count). The summed E-state index contributed by atoms with van der Waals surface area (Å²) >= 11 is 3.64. The van der Waals surface area contributed by atoms with Crippen molar-refractivity contribution < 1.29 is 13.2 Å². The third-order valence-corrected chi connectivity index (χ3v) is 11.7. The summed E-state index contributed by atoms with van der Waals surface area (Å²) in [6.07, 6.45) is 2.44. The number of likely N-dealkylation sites (N-methyl/N-ethyl adjacent to an activating group) is 1. The number of piperazine rings is 1. The Morgan fingerprint density at radius 3 is 2.63 bits per heavy atom. The molecule has 0 bridgehead atoms. The Labute approximate surface area is 278 Å². The second-order valence-corrected chi connectivity index (χ2v) is 15.5. The number of nitrogens with one attached hydrogen (secondary N) is 3. The fourth-order valence-corrected chi connectivity index (χ4v) is 8.03. The van der Waals surface area contributed by atoms with Gasteiger partial charge in [-0.05, 0) is 80.9 Å². The first-order valence-electron chi connectivity index (χ1n) is 15.7. The number of aryl methyl sites for hydroxylation is 1. The summed E-state index contributed by atoms with van der Waals surface area (Å²) in [6.45, 7) is 12.9. The minimum absolute atomic E-state index is 0.00547. The molecule has 2 aliphatic rings. The Balaban J connectivity index is 1.25. The van der Waals surface area contributed by atoms with Gasteiger partial charge in [-0.25, -0.2) is 18.4 Å². The van der Waals surface area contributed by atoms with E-state index in [9.17, 15) is 13.2 Å². The standard InChI is InChI=1S/C32H42BrN9O3S/c1-6-46(44,45)41-11-10-23(18-41)35-29-25(33)17-34-32-30(29)37-31(38-32)24-16-20(2)42(22(24)4)27-9-7-8-26(21(27)3)36-28(43)19-40-14-12-39(5)13-15-40/h7-9,16-17,23H,6,10-15,18-19H2,1-5H3,(H,36,43)(H2,34,35,37,38)/t23-/m0/s1. The van der Waals surface area contributed by atoms with E-state index in [1.54, 1.807) is 17.4 Å². The van der Waals surface area contributed by atoms with Crippen LogP contribution in [0.4, 0.5) is 11.4 Å². The highest BCUT2D eigenvalue weighted by Crippen LogP contribution is 2.35. The van der Waals surface area contributed by atoms with Crippen LogP contribution in [-0.2, 0) is 14.8 Å². The number of halogens is 1. The number of pyridine rings is 1. The zero-order valence-electron chi connectivity index (χ0n) is 27.0. The van der Waals surface area contributed by atoms with Gasteiger partial charge in [-0.2, -0.15) is 4.31 Å². The van der Waals surface area contributed by atoms with E-state index in [1.807, 2.05) is 19.1 Å². The van der Waals surface area contributed by atoms with E-state index in [2.05, 4.69) is 83.9 Å². The number of rotatable bonds is 9. The van der Waals surface area contributed by atoms with Crippen LogP contribution in [0.3, 0.4) is 0 Å². The molecule has 2 fully saturated rings. The summed E-state index contributed by atoms with van der Waals surface area (Å²) in [5.41, 5.74) is 7.91. The summed E-state index contributed by atoms with van der Waals surface area (Å²) < 4.78 is 29.3. The van der Waals surface area contributed by atoms with Gasteiger partial charge in [-0.3, -0.25) is 9.69 Å². The van der Waals surface area contributed by atoms with Crippen LogP contribution < -0.4 is 10.6 Å². The van der Waals surface area contributed by atoms with Gasteiger partial charge in [0.2, 0.25) is 15.9 Å². The molecular weight excluding hydrogens is 670 g/mol. The molecule has 4 aromatic rings. The van der Waals surface area contributed by atoms with Gasteiger partial charge in [-0.1, -0.05) is 6.07 Å². The first kappa shape index (κ1) is 32.6. The number of sulfonamides is 1. The second kappa shape index (κ2) is 13.1. The fourth-order valence-electron chi connectivity index (χ4n) is 6.46. The summed E-state index contributed by atoms with van der Waals surface area (Å²) in [5, 5.41) is 6.70. The van der Waals surface area contributed by atoms with Gasteiger partial charge in [0.1, 0.15) is 11.3 Å². The van der Waals surface area contributed by atoms with Crippen molar-refractivity contribution in [1.82, 2.24) is 33.6 Å². The van der Waals surface area contributed by atoms with Crippen LogP contribution in [0.1, 0.15) is 30.3 Å². The average Bonchev–Trinajstić information content (AvgIpc) is 3.75. The molecule has 12 nitrogen and oxygen atoms in total. The van der Waals surface area contributed by atoms with Crippen molar-refractivity contribution in [2.24, 2.45) is 0 Å². The molecule has 0 spiro atoms. The van der Waals surface area contributed by atoms with E-state index in [0.29, 0.717) is 37.5 Å². The van der Waals surface area contributed by atoms with E-state index in [-0.39, 0.29) is 17.7 Å². The van der Waals surface area contributed by atoms with Gasteiger partial charge in [-0.15, -0.1) is 0 Å². The number of anilines is 2. The van der Waals surface area contributed by atoms with Crippen molar-refractivity contribution in [3.05, 3.63) is 51.9 Å². The van der Waals surface area contributed by atoms with Gasteiger partial charge in [0.15, 0.2) is 5.65 Å². The zero-order valence-corrected chi connectivity index (χ0v) is 29.4. The van der Waals surface area contributed by atoms with Gasteiger partial charge in [0.25, 0.3) is 0 Å². The molecule has 5 heterocycles. The maximum Gasteiger partial charge on any atom is 0.238 e. The topological polar surface area (TPSA) is 131 Å². The summed E-state index contributed by atoms with van der Waals surface area (Å²) in [7, 11) is -1.13. The number of carbonyl (C=O) groups excluding carboxylic acids is 1. The average molecular weight is 713 g/mol. The van der Waals surface area contributed by atoms with Gasteiger partial charge >= 0.3 is 0 Å². The molecule has 1 atom stereocenters. The number of hydrogen-bond acceptors (Lipinski definition) is 8. The number of benzene rings is 1. The lowest BCUT2D eigenvalue weighted by Gasteiger charge is -2.31. The molecule has 0 aliphatic carbocycles. The number of aromatic nitrogens is 4. The van der Waals surface area contributed by atoms with Crippen molar-refractivity contribution in [3.8, 4) is 17.1 Å².